The van der Waals surface area contributed by atoms with E-state index in [2.05, 4.69) is 0 Å². The summed E-state index contributed by atoms with van der Waals surface area (Å²) in [6.45, 7) is 0.630. The highest BCUT2D eigenvalue weighted by Crippen LogP contribution is 2.44. The van der Waals surface area contributed by atoms with Crippen molar-refractivity contribution < 1.29 is 29.3 Å². The van der Waals surface area contributed by atoms with Crippen LogP contribution in [-0.4, -0.2) is 35.6 Å². The number of ketones is 1. The van der Waals surface area contributed by atoms with E-state index < -0.39 is 17.7 Å². The van der Waals surface area contributed by atoms with Crippen LogP contribution in [0.3, 0.4) is 0 Å². The van der Waals surface area contributed by atoms with Gasteiger partial charge in [-0.05, 0) is 78.6 Å². The summed E-state index contributed by atoms with van der Waals surface area (Å²) in [5, 5.41) is 22.3. The van der Waals surface area contributed by atoms with Crippen molar-refractivity contribution in [3.63, 3.8) is 0 Å². The Morgan fingerprint density at radius 1 is 1.09 bits per heavy atom. The van der Waals surface area contributed by atoms with Crippen LogP contribution in [0.25, 0.3) is 5.76 Å². The zero-order chi connectivity index (χ0) is 24.7. The number of carbonyl (C=O) groups excluding carboxylic acids is 2. The molecule has 2 aliphatic rings. The number of nitrogens with zero attached hydrogens (tertiary/aromatic N) is 1. The fourth-order valence-corrected chi connectivity index (χ4v) is 4.68. The Morgan fingerprint density at radius 2 is 1.86 bits per heavy atom. The van der Waals surface area contributed by atoms with Gasteiger partial charge in [0.1, 0.15) is 11.5 Å². The van der Waals surface area contributed by atoms with E-state index in [-0.39, 0.29) is 22.8 Å². The molecule has 0 saturated carbocycles. The number of methoxy groups -OCH3 is 1. The van der Waals surface area contributed by atoms with Crippen LogP contribution in [0.1, 0.15) is 29.2 Å². The molecule has 35 heavy (non-hydrogen) atoms. The Bertz CT molecular complexity index is 1360. The van der Waals surface area contributed by atoms with E-state index in [0.717, 1.165) is 24.2 Å². The first-order chi connectivity index (χ1) is 16.9. The van der Waals surface area contributed by atoms with Gasteiger partial charge in [0.05, 0.1) is 25.3 Å². The van der Waals surface area contributed by atoms with Gasteiger partial charge in [0.25, 0.3) is 11.7 Å². The summed E-state index contributed by atoms with van der Waals surface area (Å²) < 4.78 is 10.8. The van der Waals surface area contributed by atoms with Gasteiger partial charge in [0, 0.05) is 16.3 Å². The number of rotatable bonds is 4. The number of aliphatic hydroxyl groups excluding tert-OH is 1. The van der Waals surface area contributed by atoms with Gasteiger partial charge in [0.15, 0.2) is 11.5 Å². The molecule has 5 rings (SSSR count). The maximum Gasteiger partial charge on any atom is 0.300 e. The maximum absolute atomic E-state index is 13.3. The van der Waals surface area contributed by atoms with Crippen LogP contribution in [0.15, 0.2) is 66.2 Å². The van der Waals surface area contributed by atoms with Crippen LogP contribution in [0.5, 0.6) is 17.2 Å². The Balaban J connectivity index is 1.70. The molecular formula is C27H22ClNO6. The molecule has 1 fully saturated rings. The molecule has 1 unspecified atom stereocenters. The smallest absolute Gasteiger partial charge is 0.300 e. The molecule has 1 amide bonds. The molecule has 1 atom stereocenters. The minimum atomic E-state index is -0.986. The third-order valence-electron chi connectivity index (χ3n) is 6.25. The summed E-state index contributed by atoms with van der Waals surface area (Å²) in [6, 6.07) is 15.3. The average molecular weight is 492 g/mol. The number of ether oxygens (including phenoxy) is 2. The molecule has 0 aromatic heterocycles. The number of Topliss-reactive ketones (excluding diaryl/α,β-unsaturated/α-hetero) is 1. The van der Waals surface area contributed by atoms with Gasteiger partial charge < -0.3 is 19.7 Å². The summed E-state index contributed by atoms with van der Waals surface area (Å²) >= 11 is 6.03. The van der Waals surface area contributed by atoms with E-state index in [1.807, 2.05) is 0 Å². The van der Waals surface area contributed by atoms with E-state index in [0.29, 0.717) is 28.4 Å². The van der Waals surface area contributed by atoms with Crippen LogP contribution in [0, 0.1) is 0 Å². The lowest BCUT2D eigenvalue weighted by Gasteiger charge is -2.26. The number of halogens is 1. The molecule has 0 aliphatic carbocycles. The molecule has 3 aromatic rings. The zero-order valence-corrected chi connectivity index (χ0v) is 19.6. The molecule has 1 saturated heterocycles. The number of aromatic hydroxyl groups is 1. The lowest BCUT2D eigenvalue weighted by Crippen LogP contribution is -2.29. The number of aryl methyl sites for hydroxylation is 1. The fourth-order valence-electron chi connectivity index (χ4n) is 4.56. The SMILES string of the molecule is COc1ccc(C2/C(=C(/O)c3ccc4c(c3)CCCO4)C(=O)C(=O)N2c2ccc(Cl)cc2)cc1O. The fraction of sp³-hybridized carbons (Fsp3) is 0.185. The first-order valence-electron chi connectivity index (χ1n) is 11.1. The van der Waals surface area contributed by atoms with Gasteiger partial charge in [-0.2, -0.15) is 0 Å². The van der Waals surface area contributed by atoms with E-state index in [1.165, 1.54) is 18.1 Å². The first-order valence-corrected chi connectivity index (χ1v) is 11.5. The normalized spacial score (nSPS) is 18.8. The minimum Gasteiger partial charge on any atom is -0.507 e. The number of benzene rings is 3. The summed E-state index contributed by atoms with van der Waals surface area (Å²) in [5.74, 6) is -1.09. The van der Waals surface area contributed by atoms with Gasteiger partial charge in [-0.1, -0.05) is 17.7 Å². The highest BCUT2D eigenvalue weighted by Gasteiger charge is 2.47. The first kappa shape index (κ1) is 22.8. The predicted octanol–water partition coefficient (Wildman–Crippen LogP) is 5.01. The third-order valence-corrected chi connectivity index (χ3v) is 6.50. The quantitative estimate of drug-likeness (QED) is 0.303. The molecule has 2 N–H and O–H groups in total. The number of fused-ring (bicyclic) bond motifs is 1. The molecular weight excluding hydrogens is 470 g/mol. The van der Waals surface area contributed by atoms with Gasteiger partial charge >= 0.3 is 0 Å². The zero-order valence-electron chi connectivity index (χ0n) is 18.8. The van der Waals surface area contributed by atoms with E-state index in [4.69, 9.17) is 21.1 Å². The van der Waals surface area contributed by atoms with Crippen molar-refractivity contribution in [2.75, 3.05) is 18.6 Å². The molecule has 0 radical (unpaired) electrons. The topological polar surface area (TPSA) is 96.3 Å². The molecule has 3 aromatic carbocycles. The van der Waals surface area contributed by atoms with Crippen LogP contribution < -0.4 is 14.4 Å². The second-order valence-corrected chi connectivity index (χ2v) is 8.79. The number of carbonyl (C=O) groups is 2. The van der Waals surface area contributed by atoms with Gasteiger partial charge in [-0.3, -0.25) is 14.5 Å². The van der Waals surface area contributed by atoms with E-state index in [9.17, 15) is 19.8 Å². The Hall–Kier alpha value is -3.97. The Morgan fingerprint density at radius 3 is 2.57 bits per heavy atom. The van der Waals surface area contributed by atoms with Crippen molar-refractivity contribution >= 4 is 34.7 Å². The van der Waals surface area contributed by atoms with Gasteiger partial charge in [-0.15, -0.1) is 0 Å². The molecule has 0 spiro atoms. The number of anilines is 1. The van der Waals surface area contributed by atoms with Crippen LogP contribution in [-0.2, 0) is 16.0 Å². The second-order valence-electron chi connectivity index (χ2n) is 8.35. The number of phenolic OH excluding ortho intramolecular Hbond substituents is 1. The summed E-state index contributed by atoms with van der Waals surface area (Å²) in [5.41, 5.74) is 2.11. The van der Waals surface area contributed by atoms with E-state index >= 15 is 0 Å². The van der Waals surface area contributed by atoms with Gasteiger partial charge in [0.2, 0.25) is 0 Å². The summed E-state index contributed by atoms with van der Waals surface area (Å²) in [6.07, 6.45) is 1.63. The van der Waals surface area contributed by atoms with Crippen LogP contribution in [0.4, 0.5) is 5.69 Å². The lowest BCUT2D eigenvalue weighted by atomic mass is 9.93. The molecule has 2 heterocycles. The van der Waals surface area contributed by atoms with Crippen molar-refractivity contribution in [2.45, 2.75) is 18.9 Å². The molecule has 178 valence electrons. The standard InChI is InChI=1S/C27H22ClNO6/c1-34-22-11-4-16(14-20(22)30)24-23(25(31)17-5-10-21-15(13-17)3-2-12-35-21)26(32)27(33)29(24)19-8-6-18(28)7-9-19/h4-11,13-14,24,30-31H,2-3,12H2,1H3/b25-23-. The van der Waals surface area contributed by atoms with Crippen molar-refractivity contribution in [3.8, 4) is 17.2 Å². The van der Waals surface area contributed by atoms with Crippen molar-refractivity contribution in [3.05, 3.63) is 87.9 Å². The average Bonchev–Trinajstić information content (AvgIpc) is 3.14. The van der Waals surface area contributed by atoms with Gasteiger partial charge in [-0.25, -0.2) is 0 Å². The minimum absolute atomic E-state index is 0.0776. The largest absolute Gasteiger partial charge is 0.507 e. The van der Waals surface area contributed by atoms with E-state index in [1.54, 1.807) is 54.6 Å². The number of phenols is 1. The number of amides is 1. The molecule has 7 nitrogen and oxygen atoms in total. The Labute approximate surface area is 206 Å². The van der Waals surface area contributed by atoms with Crippen LogP contribution >= 0.6 is 11.6 Å². The monoisotopic (exact) mass is 491 g/mol. The highest BCUT2D eigenvalue weighted by atomic mass is 35.5. The Kier molecular flexibility index (Phi) is 5.86. The maximum atomic E-state index is 13.3. The van der Waals surface area contributed by atoms with Crippen molar-refractivity contribution in [1.82, 2.24) is 0 Å². The van der Waals surface area contributed by atoms with Crippen LogP contribution in [0.2, 0.25) is 5.02 Å². The van der Waals surface area contributed by atoms with Crippen molar-refractivity contribution in [1.29, 1.82) is 0 Å². The third kappa shape index (κ3) is 3.98. The predicted molar refractivity (Wildman–Crippen MR) is 131 cm³/mol. The summed E-state index contributed by atoms with van der Waals surface area (Å²) in [7, 11) is 1.42. The molecule has 2 aliphatic heterocycles. The lowest BCUT2D eigenvalue weighted by molar-refractivity contribution is -0.132. The number of hydrogen-bond donors (Lipinski definition) is 2. The number of hydrogen-bond acceptors (Lipinski definition) is 6. The molecule has 0 bridgehead atoms. The highest BCUT2D eigenvalue weighted by molar-refractivity contribution is 6.51. The molecule has 8 heteroatoms. The summed E-state index contributed by atoms with van der Waals surface area (Å²) in [4.78, 5) is 27.9. The second kappa shape index (κ2) is 9.00. The number of aliphatic hydroxyl groups is 1. The van der Waals surface area contributed by atoms with Crippen molar-refractivity contribution in [2.24, 2.45) is 0 Å².